The quantitative estimate of drug-likeness (QED) is 0.472. The van der Waals surface area contributed by atoms with E-state index in [4.69, 9.17) is 5.73 Å². The number of rotatable bonds is 3. The largest absolute Gasteiger partial charge is 0.505 e. The number of aliphatic hydroxyl groups is 1. The van der Waals surface area contributed by atoms with Crippen LogP contribution in [0, 0.1) is 5.92 Å². The van der Waals surface area contributed by atoms with Gasteiger partial charge < -0.3 is 21.3 Å². The van der Waals surface area contributed by atoms with E-state index in [1.165, 1.54) is 12.1 Å². The second-order valence-corrected chi connectivity index (χ2v) is 4.71. The van der Waals surface area contributed by atoms with E-state index < -0.39 is 0 Å². The third kappa shape index (κ3) is 2.56. The number of nitrogen functional groups attached to an aromatic ring is 1. The Morgan fingerprint density at radius 3 is 2.89 bits per heavy atom. The molecule has 1 aliphatic rings. The molecule has 0 radical (unpaired) electrons. The molecule has 1 amide bonds. The van der Waals surface area contributed by atoms with Gasteiger partial charge in [0.15, 0.2) is 5.75 Å². The standard InChI is InChI=1S/C13H18N2O3/c14-10-5-2-4-9(12(10)17)13(18)15-7-8-3-1-6-11(8)16/h2,4-5,8,11,16-17H,1,3,6-7,14H2,(H,15,18). The number of phenolic OH excluding ortho intramolecular Hbond substituents is 1. The van der Waals surface area contributed by atoms with Gasteiger partial charge in [0.25, 0.3) is 5.91 Å². The van der Waals surface area contributed by atoms with Gasteiger partial charge in [0.05, 0.1) is 17.4 Å². The lowest BCUT2D eigenvalue weighted by atomic mass is 10.1. The summed E-state index contributed by atoms with van der Waals surface area (Å²) in [5.74, 6) is -0.446. The molecule has 2 unspecified atom stereocenters. The maximum atomic E-state index is 11.9. The molecular formula is C13H18N2O3. The van der Waals surface area contributed by atoms with Crippen LogP contribution in [-0.4, -0.2) is 28.8 Å². The third-order valence-corrected chi connectivity index (χ3v) is 3.46. The lowest BCUT2D eigenvalue weighted by Gasteiger charge is -2.15. The molecule has 1 saturated carbocycles. The summed E-state index contributed by atoms with van der Waals surface area (Å²) in [5, 5.41) is 22.1. The molecule has 98 valence electrons. The number of aromatic hydroxyl groups is 1. The number of anilines is 1. The van der Waals surface area contributed by atoms with Crippen LogP contribution in [0.15, 0.2) is 18.2 Å². The number of nitrogens with one attached hydrogen (secondary N) is 1. The highest BCUT2D eigenvalue weighted by atomic mass is 16.3. The first-order valence-corrected chi connectivity index (χ1v) is 6.13. The number of benzene rings is 1. The highest BCUT2D eigenvalue weighted by Gasteiger charge is 2.25. The number of hydrogen-bond donors (Lipinski definition) is 4. The number of para-hydroxylation sites is 1. The molecule has 2 rings (SSSR count). The average Bonchev–Trinajstić information content (AvgIpc) is 2.75. The van der Waals surface area contributed by atoms with Crippen LogP contribution in [-0.2, 0) is 0 Å². The van der Waals surface area contributed by atoms with Crippen molar-refractivity contribution in [3.63, 3.8) is 0 Å². The van der Waals surface area contributed by atoms with Crippen LogP contribution in [0.25, 0.3) is 0 Å². The monoisotopic (exact) mass is 250 g/mol. The van der Waals surface area contributed by atoms with Gasteiger partial charge in [0, 0.05) is 12.5 Å². The van der Waals surface area contributed by atoms with Crippen molar-refractivity contribution in [1.82, 2.24) is 5.32 Å². The summed E-state index contributed by atoms with van der Waals surface area (Å²) in [7, 11) is 0. The molecule has 1 aromatic carbocycles. The van der Waals surface area contributed by atoms with E-state index >= 15 is 0 Å². The van der Waals surface area contributed by atoms with Gasteiger partial charge in [-0.3, -0.25) is 4.79 Å². The Kier molecular flexibility index (Phi) is 3.72. The second-order valence-electron chi connectivity index (χ2n) is 4.71. The summed E-state index contributed by atoms with van der Waals surface area (Å²) in [6.07, 6.45) is 2.37. The fraction of sp³-hybridized carbons (Fsp3) is 0.462. The fourth-order valence-corrected chi connectivity index (χ4v) is 2.32. The molecule has 5 heteroatoms. The molecule has 0 spiro atoms. The minimum Gasteiger partial charge on any atom is -0.505 e. The molecule has 0 heterocycles. The predicted octanol–water partition coefficient (Wildman–Crippen LogP) is 0.865. The zero-order chi connectivity index (χ0) is 13.1. The first kappa shape index (κ1) is 12.7. The maximum absolute atomic E-state index is 11.9. The summed E-state index contributed by atoms with van der Waals surface area (Å²) in [6, 6.07) is 4.67. The third-order valence-electron chi connectivity index (χ3n) is 3.46. The van der Waals surface area contributed by atoms with Crippen molar-refractivity contribution in [3.8, 4) is 5.75 Å². The van der Waals surface area contributed by atoms with Gasteiger partial charge in [-0.1, -0.05) is 12.5 Å². The number of carbonyl (C=O) groups excluding carboxylic acids is 1. The Morgan fingerprint density at radius 2 is 2.22 bits per heavy atom. The minimum absolute atomic E-state index is 0.108. The van der Waals surface area contributed by atoms with Gasteiger partial charge in [-0.15, -0.1) is 0 Å². The number of amides is 1. The first-order chi connectivity index (χ1) is 8.59. The lowest BCUT2D eigenvalue weighted by molar-refractivity contribution is 0.0914. The summed E-state index contributed by atoms with van der Waals surface area (Å²) < 4.78 is 0. The van der Waals surface area contributed by atoms with Crippen LogP contribution >= 0.6 is 0 Å². The Balaban J connectivity index is 1.97. The number of aliphatic hydroxyl groups excluding tert-OH is 1. The predicted molar refractivity (Wildman–Crippen MR) is 68.2 cm³/mol. The Hall–Kier alpha value is -1.75. The van der Waals surface area contributed by atoms with Crippen molar-refractivity contribution in [2.45, 2.75) is 25.4 Å². The smallest absolute Gasteiger partial charge is 0.255 e. The zero-order valence-corrected chi connectivity index (χ0v) is 10.1. The fourth-order valence-electron chi connectivity index (χ4n) is 2.32. The number of carbonyl (C=O) groups is 1. The van der Waals surface area contributed by atoms with Gasteiger partial charge in [-0.25, -0.2) is 0 Å². The molecular weight excluding hydrogens is 232 g/mol. The van der Waals surface area contributed by atoms with E-state index in [1.54, 1.807) is 6.07 Å². The molecule has 1 fully saturated rings. The van der Waals surface area contributed by atoms with Gasteiger partial charge in [-0.2, -0.15) is 0 Å². The SMILES string of the molecule is Nc1cccc(C(=O)NCC2CCCC2O)c1O. The normalized spacial score (nSPS) is 22.9. The van der Waals surface area contributed by atoms with Gasteiger partial charge in [0.2, 0.25) is 0 Å². The van der Waals surface area contributed by atoms with Crippen molar-refractivity contribution in [2.24, 2.45) is 5.92 Å². The molecule has 0 aliphatic heterocycles. The van der Waals surface area contributed by atoms with E-state index in [-0.39, 0.29) is 34.9 Å². The molecule has 0 aromatic heterocycles. The van der Waals surface area contributed by atoms with E-state index in [0.29, 0.717) is 6.54 Å². The molecule has 0 bridgehead atoms. The molecule has 5 N–H and O–H groups in total. The van der Waals surface area contributed by atoms with Crippen molar-refractivity contribution in [1.29, 1.82) is 0 Å². The van der Waals surface area contributed by atoms with Crippen molar-refractivity contribution < 1.29 is 15.0 Å². The van der Waals surface area contributed by atoms with Crippen LogP contribution < -0.4 is 11.1 Å². The molecule has 18 heavy (non-hydrogen) atoms. The van der Waals surface area contributed by atoms with Crippen LogP contribution in [0.1, 0.15) is 29.6 Å². The molecule has 2 atom stereocenters. The molecule has 1 aliphatic carbocycles. The number of nitrogens with two attached hydrogens (primary N) is 1. The van der Waals surface area contributed by atoms with E-state index in [0.717, 1.165) is 19.3 Å². The molecule has 1 aromatic rings. The van der Waals surface area contributed by atoms with Crippen LogP contribution in [0.4, 0.5) is 5.69 Å². The molecule has 5 nitrogen and oxygen atoms in total. The topological polar surface area (TPSA) is 95.6 Å². The average molecular weight is 250 g/mol. The first-order valence-electron chi connectivity index (χ1n) is 6.13. The highest BCUT2D eigenvalue weighted by Crippen LogP contribution is 2.26. The van der Waals surface area contributed by atoms with Gasteiger partial charge in [-0.05, 0) is 25.0 Å². The van der Waals surface area contributed by atoms with Crippen molar-refractivity contribution >= 4 is 11.6 Å². The van der Waals surface area contributed by atoms with Gasteiger partial charge in [0.1, 0.15) is 0 Å². The van der Waals surface area contributed by atoms with E-state index in [2.05, 4.69) is 5.32 Å². The van der Waals surface area contributed by atoms with Gasteiger partial charge >= 0.3 is 0 Å². The lowest BCUT2D eigenvalue weighted by Crippen LogP contribution is -2.32. The Morgan fingerprint density at radius 1 is 1.44 bits per heavy atom. The highest BCUT2D eigenvalue weighted by molar-refractivity contribution is 5.98. The van der Waals surface area contributed by atoms with Crippen LogP contribution in [0.5, 0.6) is 5.75 Å². The second kappa shape index (κ2) is 5.27. The number of hydrogen-bond acceptors (Lipinski definition) is 4. The summed E-state index contributed by atoms with van der Waals surface area (Å²) in [4.78, 5) is 11.9. The summed E-state index contributed by atoms with van der Waals surface area (Å²) >= 11 is 0. The zero-order valence-electron chi connectivity index (χ0n) is 10.1. The summed E-state index contributed by atoms with van der Waals surface area (Å²) in [6.45, 7) is 0.425. The maximum Gasteiger partial charge on any atom is 0.255 e. The Bertz CT molecular complexity index is 448. The minimum atomic E-state index is -0.362. The van der Waals surface area contributed by atoms with Crippen LogP contribution in [0.2, 0.25) is 0 Å². The Labute approximate surface area is 106 Å². The number of phenols is 1. The van der Waals surface area contributed by atoms with E-state index in [1.807, 2.05) is 0 Å². The van der Waals surface area contributed by atoms with E-state index in [9.17, 15) is 15.0 Å². The van der Waals surface area contributed by atoms with Crippen molar-refractivity contribution in [3.05, 3.63) is 23.8 Å². The van der Waals surface area contributed by atoms with Crippen molar-refractivity contribution in [2.75, 3.05) is 12.3 Å². The van der Waals surface area contributed by atoms with Crippen LogP contribution in [0.3, 0.4) is 0 Å². The summed E-state index contributed by atoms with van der Waals surface area (Å²) in [5.41, 5.74) is 5.88. The molecule has 0 saturated heterocycles.